The molecule has 1 aromatic carbocycles. The summed E-state index contributed by atoms with van der Waals surface area (Å²) in [5.41, 5.74) is 2.07. The van der Waals surface area contributed by atoms with Gasteiger partial charge in [0.15, 0.2) is 5.96 Å². The standard InChI is InChI=1S/C20H31N5O2S2/c1-14(2)25(6)29(26,27)18-9-7-17(8-10-18)13-23-20(21-5)22-12-11-19-24-15(3)16(4)28-19/h7-10,14H,11-13H2,1-6H3,(H2,21,22,23). The second kappa shape index (κ2) is 10.2. The van der Waals surface area contributed by atoms with E-state index in [4.69, 9.17) is 0 Å². The molecule has 0 aliphatic carbocycles. The zero-order valence-corrected chi connectivity index (χ0v) is 19.6. The Morgan fingerprint density at radius 3 is 2.38 bits per heavy atom. The van der Waals surface area contributed by atoms with Gasteiger partial charge in [0.1, 0.15) is 0 Å². The minimum atomic E-state index is -3.46. The summed E-state index contributed by atoms with van der Waals surface area (Å²) in [4.78, 5) is 10.3. The number of sulfonamides is 1. The molecule has 1 aromatic heterocycles. The van der Waals surface area contributed by atoms with Crippen LogP contribution in [0.4, 0.5) is 0 Å². The molecule has 0 amide bonds. The van der Waals surface area contributed by atoms with Crippen LogP contribution < -0.4 is 10.6 Å². The van der Waals surface area contributed by atoms with Crippen LogP contribution in [-0.4, -0.2) is 50.3 Å². The predicted octanol–water partition coefficient (Wildman–Crippen LogP) is 2.70. The molecule has 2 aromatic rings. The maximum atomic E-state index is 12.5. The van der Waals surface area contributed by atoms with Crippen LogP contribution in [0.25, 0.3) is 0 Å². The highest BCUT2D eigenvalue weighted by Gasteiger charge is 2.22. The highest BCUT2D eigenvalue weighted by molar-refractivity contribution is 7.89. The number of hydrogen-bond donors (Lipinski definition) is 2. The summed E-state index contributed by atoms with van der Waals surface area (Å²) in [5, 5.41) is 7.65. The van der Waals surface area contributed by atoms with Crippen molar-refractivity contribution in [1.29, 1.82) is 0 Å². The molecule has 0 aliphatic heterocycles. The number of guanidine groups is 1. The number of nitrogens with one attached hydrogen (secondary N) is 2. The van der Waals surface area contributed by atoms with Gasteiger partial charge in [0, 0.05) is 44.5 Å². The smallest absolute Gasteiger partial charge is 0.243 e. The molecule has 0 saturated heterocycles. The summed E-state index contributed by atoms with van der Waals surface area (Å²) in [6.07, 6.45) is 0.843. The first-order chi connectivity index (χ1) is 13.6. The van der Waals surface area contributed by atoms with Gasteiger partial charge in [0.25, 0.3) is 0 Å². The van der Waals surface area contributed by atoms with Crippen LogP contribution in [0.1, 0.15) is 35.0 Å². The second-order valence-electron chi connectivity index (χ2n) is 7.11. The van der Waals surface area contributed by atoms with E-state index in [1.165, 1.54) is 9.18 Å². The van der Waals surface area contributed by atoms with Gasteiger partial charge >= 0.3 is 0 Å². The molecule has 7 nitrogen and oxygen atoms in total. The number of hydrogen-bond acceptors (Lipinski definition) is 5. The van der Waals surface area contributed by atoms with Gasteiger partial charge in [-0.1, -0.05) is 12.1 Å². The molecule has 0 unspecified atom stereocenters. The van der Waals surface area contributed by atoms with Gasteiger partial charge in [-0.25, -0.2) is 13.4 Å². The topological polar surface area (TPSA) is 86.7 Å². The highest BCUT2D eigenvalue weighted by atomic mass is 32.2. The summed E-state index contributed by atoms with van der Waals surface area (Å²) < 4.78 is 26.4. The van der Waals surface area contributed by atoms with Crippen molar-refractivity contribution in [2.24, 2.45) is 4.99 Å². The zero-order chi connectivity index (χ0) is 21.6. The lowest BCUT2D eigenvalue weighted by Crippen LogP contribution is -2.37. The number of thiazole rings is 1. The molecular weight excluding hydrogens is 406 g/mol. The van der Waals surface area contributed by atoms with Crippen molar-refractivity contribution in [1.82, 2.24) is 19.9 Å². The molecule has 160 valence electrons. The molecule has 0 spiro atoms. The first kappa shape index (κ1) is 23.3. The lowest BCUT2D eigenvalue weighted by atomic mass is 10.2. The normalized spacial score (nSPS) is 12.6. The van der Waals surface area contributed by atoms with E-state index < -0.39 is 10.0 Å². The van der Waals surface area contributed by atoms with Crippen molar-refractivity contribution in [3.05, 3.63) is 45.4 Å². The first-order valence-corrected chi connectivity index (χ1v) is 11.8. The summed E-state index contributed by atoms with van der Waals surface area (Å²) in [6.45, 7) is 9.11. The highest BCUT2D eigenvalue weighted by Crippen LogP contribution is 2.17. The number of aliphatic imine (C=N–C) groups is 1. The van der Waals surface area contributed by atoms with Crippen LogP contribution in [0.2, 0.25) is 0 Å². The van der Waals surface area contributed by atoms with Crippen LogP contribution in [0.15, 0.2) is 34.2 Å². The summed E-state index contributed by atoms with van der Waals surface area (Å²) >= 11 is 1.73. The molecule has 9 heteroatoms. The van der Waals surface area contributed by atoms with E-state index in [0.717, 1.165) is 29.2 Å². The number of rotatable bonds is 8. The number of benzene rings is 1. The Labute approximate surface area is 178 Å². The van der Waals surface area contributed by atoms with E-state index in [2.05, 4.69) is 27.5 Å². The van der Waals surface area contributed by atoms with E-state index in [1.54, 1.807) is 37.6 Å². The maximum absolute atomic E-state index is 12.5. The average molecular weight is 438 g/mol. The van der Waals surface area contributed by atoms with Crippen molar-refractivity contribution < 1.29 is 8.42 Å². The molecule has 0 saturated carbocycles. The molecule has 0 bridgehead atoms. The van der Waals surface area contributed by atoms with Gasteiger partial charge in [0.05, 0.1) is 15.6 Å². The van der Waals surface area contributed by atoms with Crippen LogP contribution in [0.5, 0.6) is 0 Å². The van der Waals surface area contributed by atoms with Gasteiger partial charge in [-0.2, -0.15) is 4.31 Å². The second-order valence-corrected chi connectivity index (χ2v) is 10.4. The van der Waals surface area contributed by atoms with Crippen molar-refractivity contribution >= 4 is 27.3 Å². The Bertz CT molecular complexity index is 915. The molecule has 29 heavy (non-hydrogen) atoms. The van der Waals surface area contributed by atoms with E-state index in [1.807, 2.05) is 32.9 Å². The van der Waals surface area contributed by atoms with Crippen molar-refractivity contribution in [2.45, 2.75) is 51.6 Å². The van der Waals surface area contributed by atoms with Gasteiger partial charge in [-0.15, -0.1) is 11.3 Å². The lowest BCUT2D eigenvalue weighted by Gasteiger charge is -2.21. The fourth-order valence-electron chi connectivity index (χ4n) is 2.56. The van der Waals surface area contributed by atoms with Crippen LogP contribution in [0, 0.1) is 13.8 Å². The molecule has 2 rings (SSSR count). The zero-order valence-electron chi connectivity index (χ0n) is 18.0. The largest absolute Gasteiger partial charge is 0.356 e. The summed E-state index contributed by atoms with van der Waals surface area (Å²) in [6, 6.07) is 6.85. The quantitative estimate of drug-likeness (QED) is 0.490. The first-order valence-electron chi connectivity index (χ1n) is 9.59. The maximum Gasteiger partial charge on any atom is 0.243 e. The monoisotopic (exact) mass is 437 g/mol. The summed E-state index contributed by atoms with van der Waals surface area (Å²) in [7, 11) is -0.135. The average Bonchev–Trinajstić information content (AvgIpc) is 3.01. The minimum absolute atomic E-state index is 0.0899. The fraction of sp³-hybridized carbons (Fsp3) is 0.500. The molecule has 1 heterocycles. The van der Waals surface area contributed by atoms with Gasteiger partial charge in [0.2, 0.25) is 10.0 Å². The van der Waals surface area contributed by atoms with E-state index in [0.29, 0.717) is 17.4 Å². The van der Waals surface area contributed by atoms with Crippen molar-refractivity contribution in [3.8, 4) is 0 Å². The minimum Gasteiger partial charge on any atom is -0.356 e. The molecule has 0 fully saturated rings. The van der Waals surface area contributed by atoms with Crippen molar-refractivity contribution in [3.63, 3.8) is 0 Å². The Balaban J connectivity index is 1.87. The third kappa shape index (κ3) is 6.25. The van der Waals surface area contributed by atoms with E-state index in [9.17, 15) is 8.42 Å². The molecular formula is C20H31N5O2S2. The molecule has 0 radical (unpaired) electrons. The third-order valence-electron chi connectivity index (χ3n) is 4.72. The van der Waals surface area contributed by atoms with Crippen LogP contribution in [-0.2, 0) is 23.0 Å². The number of nitrogens with zero attached hydrogens (tertiary/aromatic N) is 3. The SMILES string of the molecule is CN=C(NCCc1nc(C)c(C)s1)NCc1ccc(S(=O)(=O)N(C)C(C)C)cc1. The van der Waals surface area contributed by atoms with Gasteiger partial charge in [-0.05, 0) is 45.4 Å². The Kier molecular flexibility index (Phi) is 8.18. The van der Waals surface area contributed by atoms with E-state index >= 15 is 0 Å². The van der Waals surface area contributed by atoms with Gasteiger partial charge in [-0.3, -0.25) is 4.99 Å². The third-order valence-corrected chi connectivity index (χ3v) is 7.90. The Hall–Kier alpha value is -1.97. The van der Waals surface area contributed by atoms with Crippen LogP contribution in [0.3, 0.4) is 0 Å². The molecule has 0 aliphatic rings. The molecule has 2 N–H and O–H groups in total. The number of aryl methyl sites for hydroxylation is 2. The Morgan fingerprint density at radius 2 is 1.86 bits per heavy atom. The number of aromatic nitrogens is 1. The van der Waals surface area contributed by atoms with Crippen LogP contribution >= 0.6 is 11.3 Å². The van der Waals surface area contributed by atoms with E-state index in [-0.39, 0.29) is 6.04 Å². The Morgan fingerprint density at radius 1 is 1.21 bits per heavy atom. The van der Waals surface area contributed by atoms with Crippen molar-refractivity contribution in [2.75, 3.05) is 20.6 Å². The molecule has 0 atom stereocenters. The lowest BCUT2D eigenvalue weighted by molar-refractivity contribution is 0.410. The fourth-order valence-corrected chi connectivity index (χ4v) is 4.86. The summed E-state index contributed by atoms with van der Waals surface area (Å²) in [5.74, 6) is 0.700. The van der Waals surface area contributed by atoms with Gasteiger partial charge < -0.3 is 10.6 Å². The predicted molar refractivity (Wildman–Crippen MR) is 120 cm³/mol.